The van der Waals surface area contributed by atoms with E-state index in [2.05, 4.69) is 5.32 Å². The number of anilines is 1. The zero-order chi connectivity index (χ0) is 24.6. The fourth-order valence-corrected chi connectivity index (χ4v) is 5.01. The first kappa shape index (κ1) is 25.1. The monoisotopic (exact) mass is 482 g/mol. The van der Waals surface area contributed by atoms with Gasteiger partial charge in [0.2, 0.25) is 5.91 Å². The van der Waals surface area contributed by atoms with Crippen molar-refractivity contribution in [3.63, 3.8) is 0 Å². The zero-order valence-corrected chi connectivity index (χ0v) is 20.4. The highest BCUT2D eigenvalue weighted by Crippen LogP contribution is 2.35. The number of benzene rings is 3. The average molecular weight is 483 g/mol. The van der Waals surface area contributed by atoms with Crippen LogP contribution in [0.15, 0.2) is 83.8 Å². The molecule has 1 amide bonds. The zero-order valence-electron chi connectivity index (χ0n) is 19.6. The molecule has 0 aliphatic rings. The van der Waals surface area contributed by atoms with Crippen molar-refractivity contribution in [3.05, 3.63) is 84.4 Å². The van der Waals surface area contributed by atoms with Gasteiger partial charge >= 0.3 is 0 Å². The lowest BCUT2D eigenvalue weighted by atomic mass is 10.1. The molecule has 3 aromatic rings. The number of nitrogens with zero attached hydrogens (tertiary/aromatic N) is 1. The summed E-state index contributed by atoms with van der Waals surface area (Å²) in [6, 6.07) is 22.7. The average Bonchev–Trinajstić information content (AvgIpc) is 2.86. The Kier molecular flexibility index (Phi) is 8.54. The van der Waals surface area contributed by atoms with Crippen molar-refractivity contribution in [2.24, 2.45) is 0 Å². The molecule has 0 heterocycles. The standard InChI is InChI=1S/C26H30N2O5S/c1-20(14-15-21-10-6-4-7-11-21)27-26(29)19-28(34(30,31)23-12-8-5-9-13-23)24-17-16-22(32-2)18-25(24)33-3/h4-13,16-18,20H,14-15,19H2,1-3H3,(H,27,29)/t20-/m1/s1. The van der Waals surface area contributed by atoms with Gasteiger partial charge in [-0.2, -0.15) is 0 Å². The molecular weight excluding hydrogens is 452 g/mol. The van der Waals surface area contributed by atoms with Crippen LogP contribution in [0, 0.1) is 0 Å². The number of aryl methyl sites for hydroxylation is 1. The second-order valence-corrected chi connectivity index (χ2v) is 9.72. The Labute approximate surface area is 201 Å². The number of nitrogens with one attached hydrogen (secondary N) is 1. The van der Waals surface area contributed by atoms with Crippen molar-refractivity contribution < 1.29 is 22.7 Å². The lowest BCUT2D eigenvalue weighted by Crippen LogP contribution is -2.43. The first-order valence-corrected chi connectivity index (χ1v) is 12.4. The molecule has 3 aromatic carbocycles. The molecule has 1 N–H and O–H groups in total. The Morgan fingerprint density at radius 3 is 2.21 bits per heavy atom. The van der Waals surface area contributed by atoms with Crippen LogP contribution in [0.1, 0.15) is 18.9 Å². The van der Waals surface area contributed by atoms with Crippen molar-refractivity contribution in [2.75, 3.05) is 25.1 Å². The minimum Gasteiger partial charge on any atom is -0.497 e. The van der Waals surface area contributed by atoms with Gasteiger partial charge in [-0.1, -0.05) is 48.5 Å². The van der Waals surface area contributed by atoms with E-state index in [0.717, 1.165) is 17.1 Å². The summed E-state index contributed by atoms with van der Waals surface area (Å²) in [5, 5.41) is 2.92. The molecular formula is C26H30N2O5S. The molecule has 180 valence electrons. The summed E-state index contributed by atoms with van der Waals surface area (Å²) in [5.74, 6) is 0.387. The van der Waals surface area contributed by atoms with Gasteiger partial charge in [0, 0.05) is 12.1 Å². The molecule has 34 heavy (non-hydrogen) atoms. The molecule has 0 aliphatic heterocycles. The van der Waals surface area contributed by atoms with Gasteiger partial charge in [0.15, 0.2) is 0 Å². The number of hydrogen-bond donors (Lipinski definition) is 1. The van der Waals surface area contributed by atoms with Crippen LogP contribution < -0.4 is 19.1 Å². The van der Waals surface area contributed by atoms with Gasteiger partial charge in [0.1, 0.15) is 18.0 Å². The van der Waals surface area contributed by atoms with Crippen LogP contribution in [0.5, 0.6) is 11.5 Å². The molecule has 0 spiro atoms. The van der Waals surface area contributed by atoms with E-state index in [9.17, 15) is 13.2 Å². The van der Waals surface area contributed by atoms with Gasteiger partial charge < -0.3 is 14.8 Å². The third kappa shape index (κ3) is 6.29. The molecule has 0 fully saturated rings. The number of sulfonamides is 1. The third-order valence-corrected chi connectivity index (χ3v) is 7.16. The molecule has 0 unspecified atom stereocenters. The fourth-order valence-electron chi connectivity index (χ4n) is 3.56. The van der Waals surface area contributed by atoms with Crippen LogP contribution in [0.4, 0.5) is 5.69 Å². The van der Waals surface area contributed by atoms with Crippen molar-refractivity contribution in [1.82, 2.24) is 5.32 Å². The van der Waals surface area contributed by atoms with Gasteiger partial charge in [-0.25, -0.2) is 8.42 Å². The first-order valence-electron chi connectivity index (χ1n) is 11.0. The smallest absolute Gasteiger partial charge is 0.264 e. The summed E-state index contributed by atoms with van der Waals surface area (Å²) >= 11 is 0. The Hall–Kier alpha value is -3.52. The quantitative estimate of drug-likeness (QED) is 0.446. The predicted molar refractivity (Wildman–Crippen MR) is 133 cm³/mol. The molecule has 7 nitrogen and oxygen atoms in total. The summed E-state index contributed by atoms with van der Waals surface area (Å²) in [4.78, 5) is 13.0. The predicted octanol–water partition coefficient (Wildman–Crippen LogP) is 4.04. The van der Waals surface area contributed by atoms with E-state index in [1.807, 2.05) is 37.3 Å². The largest absolute Gasteiger partial charge is 0.497 e. The summed E-state index contributed by atoms with van der Waals surface area (Å²) in [7, 11) is -1.09. The lowest BCUT2D eigenvalue weighted by molar-refractivity contribution is -0.120. The highest BCUT2D eigenvalue weighted by molar-refractivity contribution is 7.92. The number of carbonyl (C=O) groups excluding carboxylic acids is 1. The minimum absolute atomic E-state index is 0.0813. The Bertz CT molecular complexity index is 1180. The van der Waals surface area contributed by atoms with Gasteiger partial charge in [0.25, 0.3) is 10.0 Å². The number of hydrogen-bond acceptors (Lipinski definition) is 5. The molecule has 0 saturated carbocycles. The maximum absolute atomic E-state index is 13.5. The Morgan fingerprint density at radius 2 is 1.59 bits per heavy atom. The maximum Gasteiger partial charge on any atom is 0.264 e. The van der Waals surface area contributed by atoms with E-state index in [4.69, 9.17) is 9.47 Å². The molecule has 0 aliphatic carbocycles. The van der Waals surface area contributed by atoms with Crippen molar-refractivity contribution in [2.45, 2.75) is 30.7 Å². The highest BCUT2D eigenvalue weighted by atomic mass is 32.2. The minimum atomic E-state index is -4.04. The summed E-state index contributed by atoms with van der Waals surface area (Å²) < 4.78 is 38.8. The number of ether oxygens (including phenoxy) is 2. The topological polar surface area (TPSA) is 84.9 Å². The van der Waals surface area contributed by atoms with Gasteiger partial charge in [-0.3, -0.25) is 9.10 Å². The molecule has 3 rings (SSSR count). The summed E-state index contributed by atoms with van der Waals surface area (Å²) in [6.45, 7) is 1.51. The number of methoxy groups -OCH3 is 2. The van der Waals surface area contributed by atoms with Crippen molar-refractivity contribution in [3.8, 4) is 11.5 Å². The first-order chi connectivity index (χ1) is 16.3. The van der Waals surface area contributed by atoms with Crippen LogP contribution in [0.3, 0.4) is 0 Å². The van der Waals surface area contributed by atoms with Gasteiger partial charge in [0.05, 0.1) is 24.8 Å². The number of rotatable bonds is 11. The third-order valence-electron chi connectivity index (χ3n) is 5.39. The molecule has 0 saturated heterocycles. The summed E-state index contributed by atoms with van der Waals surface area (Å²) in [5.41, 5.74) is 1.43. The van der Waals surface area contributed by atoms with Crippen LogP contribution in [-0.4, -0.2) is 41.1 Å². The van der Waals surface area contributed by atoms with Crippen molar-refractivity contribution in [1.29, 1.82) is 0 Å². The van der Waals surface area contributed by atoms with E-state index < -0.39 is 22.5 Å². The number of amides is 1. The second-order valence-electron chi connectivity index (χ2n) is 7.86. The van der Waals surface area contributed by atoms with E-state index in [-0.39, 0.29) is 22.4 Å². The van der Waals surface area contributed by atoms with Gasteiger partial charge in [-0.05, 0) is 49.6 Å². The summed E-state index contributed by atoms with van der Waals surface area (Å²) in [6.07, 6.45) is 1.54. The molecule has 0 radical (unpaired) electrons. The van der Waals surface area contributed by atoms with E-state index >= 15 is 0 Å². The van der Waals surface area contributed by atoms with Crippen LogP contribution in [0.25, 0.3) is 0 Å². The highest BCUT2D eigenvalue weighted by Gasteiger charge is 2.30. The van der Waals surface area contributed by atoms with Gasteiger partial charge in [-0.15, -0.1) is 0 Å². The second kappa shape index (κ2) is 11.6. The fraction of sp³-hybridized carbons (Fsp3) is 0.269. The lowest BCUT2D eigenvalue weighted by Gasteiger charge is -2.26. The van der Waals surface area contributed by atoms with Crippen LogP contribution in [0.2, 0.25) is 0 Å². The van der Waals surface area contributed by atoms with Crippen LogP contribution >= 0.6 is 0 Å². The SMILES string of the molecule is COc1ccc(N(CC(=O)N[C@H](C)CCc2ccccc2)S(=O)(=O)c2ccccc2)c(OC)c1. The van der Waals surface area contributed by atoms with E-state index in [1.165, 1.54) is 31.9 Å². The Balaban J connectivity index is 1.84. The molecule has 0 aromatic heterocycles. The van der Waals surface area contributed by atoms with Crippen LogP contribution in [-0.2, 0) is 21.2 Å². The molecule has 1 atom stereocenters. The van der Waals surface area contributed by atoms with E-state index in [0.29, 0.717) is 5.75 Å². The maximum atomic E-state index is 13.5. The van der Waals surface area contributed by atoms with E-state index in [1.54, 1.807) is 36.4 Å². The number of carbonyl (C=O) groups is 1. The van der Waals surface area contributed by atoms with Crippen molar-refractivity contribution >= 4 is 21.6 Å². The normalized spacial score (nSPS) is 12.0. The molecule has 8 heteroatoms. The Morgan fingerprint density at radius 1 is 0.941 bits per heavy atom. The molecule has 0 bridgehead atoms.